The van der Waals surface area contributed by atoms with Gasteiger partial charge in [0.1, 0.15) is 0 Å². The number of rotatable bonds is 13. The van der Waals surface area contributed by atoms with E-state index in [0.717, 1.165) is 56.9 Å². The van der Waals surface area contributed by atoms with E-state index < -0.39 is 0 Å². The first-order chi connectivity index (χ1) is 18.6. The summed E-state index contributed by atoms with van der Waals surface area (Å²) in [5.41, 5.74) is 15.2. The number of nitrogens with one attached hydrogen (secondary N) is 4. The maximum Gasteiger partial charge on any atom is 0.251 e. The molecule has 1 amide bonds. The van der Waals surface area contributed by atoms with E-state index in [1.54, 1.807) is 0 Å². The largest absolute Gasteiger partial charge is 0.512 e. The van der Waals surface area contributed by atoms with Crippen LogP contribution in [0, 0.1) is 13.8 Å². The highest BCUT2D eigenvalue weighted by atomic mass is 16.3. The van der Waals surface area contributed by atoms with Crippen LogP contribution in [-0.2, 0) is 0 Å². The number of carbonyl (C=O) groups excluding carboxylic acids is 1. The Morgan fingerprint density at radius 1 is 0.821 bits per heavy atom. The Morgan fingerprint density at radius 3 is 2.05 bits per heavy atom. The molecule has 0 unspecified atom stereocenters. The number of anilines is 1. The summed E-state index contributed by atoms with van der Waals surface area (Å²) in [6.07, 6.45) is 3.59. The lowest BCUT2D eigenvalue weighted by Gasteiger charge is -2.20. The van der Waals surface area contributed by atoms with Crippen LogP contribution in [0.1, 0.15) is 52.4 Å². The molecule has 7 heteroatoms. The van der Waals surface area contributed by atoms with Gasteiger partial charge in [0, 0.05) is 72.1 Å². The zero-order chi connectivity index (χ0) is 28.5. The fraction of sp³-hybridized carbons (Fsp3) is 0.281. The second-order valence-electron chi connectivity index (χ2n) is 9.71. The van der Waals surface area contributed by atoms with E-state index in [4.69, 9.17) is 5.73 Å². The highest BCUT2D eigenvalue weighted by Crippen LogP contribution is 2.26. The van der Waals surface area contributed by atoms with Crippen molar-refractivity contribution in [3.05, 3.63) is 113 Å². The molecule has 0 heterocycles. The zero-order valence-corrected chi connectivity index (χ0v) is 23.3. The van der Waals surface area contributed by atoms with Crippen LogP contribution < -0.4 is 27.0 Å². The summed E-state index contributed by atoms with van der Waals surface area (Å²) in [4.78, 5) is 12.9. The number of amides is 1. The molecule has 39 heavy (non-hydrogen) atoms. The number of allylic oxidation sites excluding steroid dienone is 3. The van der Waals surface area contributed by atoms with Crippen LogP contribution >= 0.6 is 0 Å². The third-order valence-electron chi connectivity index (χ3n) is 7.00. The van der Waals surface area contributed by atoms with Crippen LogP contribution in [0.2, 0.25) is 0 Å². The van der Waals surface area contributed by atoms with Crippen LogP contribution in [0.5, 0.6) is 0 Å². The topological polar surface area (TPSA) is 111 Å². The third kappa shape index (κ3) is 7.35. The standard InChI is InChI=1S/C32H41N5O2/c1-20-10-7-14-29(31(20)33)25(6)36-18-19-37-32(39)28-13-8-11-26(21(28)2)23(4)34-16-17-35-24(5)27-12-9-15-30(38)22(27)3/h7-8,10-14,34-36,38H,4-6,9,15-19,33H2,1-3H3,(H,37,39). The van der Waals surface area contributed by atoms with Gasteiger partial charge >= 0.3 is 0 Å². The van der Waals surface area contributed by atoms with E-state index in [-0.39, 0.29) is 5.91 Å². The summed E-state index contributed by atoms with van der Waals surface area (Å²) in [6, 6.07) is 11.5. The number of aliphatic hydroxyl groups excluding tert-OH is 1. The number of aryl methyl sites for hydroxylation is 1. The van der Waals surface area contributed by atoms with E-state index in [2.05, 4.69) is 47.1 Å². The monoisotopic (exact) mass is 527 g/mol. The Morgan fingerprint density at radius 2 is 1.36 bits per heavy atom. The predicted octanol–water partition coefficient (Wildman–Crippen LogP) is 5.09. The molecule has 1 aliphatic carbocycles. The van der Waals surface area contributed by atoms with Gasteiger partial charge in [0.25, 0.3) is 5.91 Å². The van der Waals surface area contributed by atoms with Crippen molar-refractivity contribution in [2.45, 2.75) is 33.6 Å². The molecule has 0 bridgehead atoms. The first kappa shape index (κ1) is 29.2. The summed E-state index contributed by atoms with van der Waals surface area (Å²) in [6.45, 7) is 20.4. The van der Waals surface area contributed by atoms with E-state index in [9.17, 15) is 9.90 Å². The van der Waals surface area contributed by atoms with Gasteiger partial charge in [-0.05, 0) is 55.5 Å². The molecule has 0 saturated heterocycles. The van der Waals surface area contributed by atoms with Gasteiger partial charge in [0.15, 0.2) is 0 Å². The second kappa shape index (κ2) is 13.4. The lowest BCUT2D eigenvalue weighted by molar-refractivity contribution is 0.0953. The summed E-state index contributed by atoms with van der Waals surface area (Å²) in [5, 5.41) is 22.9. The van der Waals surface area contributed by atoms with E-state index in [1.807, 2.05) is 57.2 Å². The van der Waals surface area contributed by atoms with Crippen LogP contribution in [-0.4, -0.2) is 37.2 Å². The van der Waals surface area contributed by atoms with E-state index in [0.29, 0.717) is 49.6 Å². The second-order valence-corrected chi connectivity index (χ2v) is 9.71. The summed E-state index contributed by atoms with van der Waals surface area (Å²) in [7, 11) is 0. The van der Waals surface area contributed by atoms with Crippen molar-refractivity contribution in [3.63, 3.8) is 0 Å². The first-order valence-corrected chi connectivity index (χ1v) is 13.2. The molecule has 0 aliphatic heterocycles. The smallest absolute Gasteiger partial charge is 0.251 e. The molecule has 0 atom stereocenters. The van der Waals surface area contributed by atoms with Gasteiger partial charge in [-0.2, -0.15) is 0 Å². The molecule has 0 saturated carbocycles. The Kier molecular flexibility index (Phi) is 10.0. The number of hydrogen-bond acceptors (Lipinski definition) is 6. The molecule has 2 aromatic rings. The molecular formula is C32H41N5O2. The normalized spacial score (nSPS) is 12.8. The van der Waals surface area contributed by atoms with Crippen LogP contribution in [0.3, 0.4) is 0 Å². The Balaban J connectivity index is 1.47. The summed E-state index contributed by atoms with van der Waals surface area (Å²) in [5.74, 6) is 0.283. The van der Waals surface area contributed by atoms with E-state index >= 15 is 0 Å². The van der Waals surface area contributed by atoms with Crippen molar-refractivity contribution in [3.8, 4) is 0 Å². The Labute approximate surface area is 232 Å². The third-order valence-corrected chi connectivity index (χ3v) is 7.00. The van der Waals surface area contributed by atoms with Gasteiger partial charge in [-0.15, -0.1) is 0 Å². The zero-order valence-electron chi connectivity index (χ0n) is 23.3. The maximum absolute atomic E-state index is 12.9. The van der Waals surface area contributed by atoms with Crippen molar-refractivity contribution >= 4 is 23.0 Å². The van der Waals surface area contributed by atoms with E-state index in [1.165, 1.54) is 0 Å². The molecule has 7 nitrogen and oxygen atoms in total. The number of nitrogens with two attached hydrogens (primary N) is 1. The summed E-state index contributed by atoms with van der Waals surface area (Å²) < 4.78 is 0. The molecule has 0 aromatic heterocycles. The minimum atomic E-state index is -0.143. The van der Waals surface area contributed by atoms with Gasteiger partial charge in [0.2, 0.25) is 0 Å². The first-order valence-electron chi connectivity index (χ1n) is 13.2. The minimum absolute atomic E-state index is 0.143. The van der Waals surface area contributed by atoms with Crippen LogP contribution in [0.15, 0.2) is 84.8 Å². The molecule has 0 radical (unpaired) electrons. The van der Waals surface area contributed by atoms with Crippen molar-refractivity contribution in [2.75, 3.05) is 31.9 Å². The number of hydrogen-bond donors (Lipinski definition) is 6. The van der Waals surface area contributed by atoms with Crippen molar-refractivity contribution in [1.82, 2.24) is 21.3 Å². The molecular weight excluding hydrogens is 486 g/mol. The maximum atomic E-state index is 12.9. The van der Waals surface area contributed by atoms with Gasteiger partial charge in [0.05, 0.1) is 5.76 Å². The van der Waals surface area contributed by atoms with Crippen molar-refractivity contribution < 1.29 is 9.90 Å². The molecule has 1 aliphatic rings. The SMILES string of the molecule is C=C(NCCNC(=C)c1cccc(C(=O)NCCNC(=C)c2cccc(C)c2N)c1C)C1=CCCC(O)=C1C. The van der Waals surface area contributed by atoms with Gasteiger partial charge in [-0.25, -0.2) is 0 Å². The Hall–Kier alpha value is -4.39. The predicted molar refractivity (Wildman–Crippen MR) is 163 cm³/mol. The number of carbonyl (C=O) groups is 1. The van der Waals surface area contributed by atoms with Crippen molar-refractivity contribution in [1.29, 1.82) is 0 Å². The molecule has 2 aromatic carbocycles. The number of benzene rings is 2. The fourth-order valence-electron chi connectivity index (χ4n) is 4.55. The van der Waals surface area contributed by atoms with Crippen LogP contribution in [0.4, 0.5) is 5.69 Å². The minimum Gasteiger partial charge on any atom is -0.512 e. The van der Waals surface area contributed by atoms with Gasteiger partial charge in [-0.1, -0.05) is 56.1 Å². The highest BCUT2D eigenvalue weighted by molar-refractivity contribution is 5.96. The highest BCUT2D eigenvalue weighted by Gasteiger charge is 2.15. The molecule has 0 fully saturated rings. The molecule has 0 spiro atoms. The molecule has 206 valence electrons. The average Bonchev–Trinajstić information content (AvgIpc) is 2.91. The number of para-hydroxylation sites is 1. The van der Waals surface area contributed by atoms with Gasteiger partial charge < -0.3 is 32.1 Å². The number of aliphatic hydroxyl groups is 1. The summed E-state index contributed by atoms with van der Waals surface area (Å²) >= 11 is 0. The quantitative estimate of drug-likeness (QED) is 0.160. The van der Waals surface area contributed by atoms with Crippen LogP contribution in [0.25, 0.3) is 11.4 Å². The van der Waals surface area contributed by atoms with Gasteiger partial charge in [-0.3, -0.25) is 4.79 Å². The lowest BCUT2D eigenvalue weighted by Crippen LogP contribution is -2.32. The Bertz CT molecular complexity index is 1340. The molecule has 7 N–H and O–H groups in total. The average molecular weight is 528 g/mol. The lowest BCUT2D eigenvalue weighted by atomic mass is 9.95. The van der Waals surface area contributed by atoms with Crippen molar-refractivity contribution in [2.24, 2.45) is 0 Å². The molecule has 3 rings (SSSR count). The number of nitrogen functional groups attached to an aromatic ring is 1. The fourth-order valence-corrected chi connectivity index (χ4v) is 4.55.